The summed E-state index contributed by atoms with van der Waals surface area (Å²) >= 11 is 5.46. The van der Waals surface area contributed by atoms with Crippen molar-refractivity contribution in [2.75, 3.05) is 11.9 Å². The van der Waals surface area contributed by atoms with Gasteiger partial charge in [-0.1, -0.05) is 40.2 Å². The molecule has 0 aliphatic rings. The van der Waals surface area contributed by atoms with Gasteiger partial charge in [-0.05, 0) is 57.5 Å². The molecule has 0 heterocycles. The maximum Gasteiger partial charge on any atom is 0.230 e. The van der Waals surface area contributed by atoms with Crippen LogP contribution in [0.2, 0.25) is 0 Å². The number of rotatable bonds is 4. The first-order valence-corrected chi connectivity index (χ1v) is 7.90. The van der Waals surface area contributed by atoms with E-state index in [-0.39, 0.29) is 5.91 Å². The van der Waals surface area contributed by atoms with Crippen LogP contribution in [0.25, 0.3) is 10.8 Å². The smallest absolute Gasteiger partial charge is 0.230 e. The summed E-state index contributed by atoms with van der Waals surface area (Å²) in [6, 6.07) is 12.7. The fraction of sp³-hybridized carbons (Fsp3) is 0.214. The molecule has 0 aliphatic carbocycles. The van der Waals surface area contributed by atoms with E-state index in [0.717, 1.165) is 6.42 Å². The zero-order chi connectivity index (χ0) is 13.0. The number of halogens is 2. The largest absolute Gasteiger partial charge is 0.355 e. The minimum Gasteiger partial charge on any atom is -0.355 e. The van der Waals surface area contributed by atoms with Gasteiger partial charge in [-0.2, -0.15) is 0 Å². The van der Waals surface area contributed by atoms with Crippen molar-refractivity contribution in [3.63, 3.8) is 0 Å². The van der Waals surface area contributed by atoms with Crippen molar-refractivity contribution in [3.05, 3.63) is 45.5 Å². The molecule has 0 radical (unpaired) electrons. The van der Waals surface area contributed by atoms with Gasteiger partial charge in [0.1, 0.15) is 0 Å². The molecule has 1 N–H and O–H groups in total. The van der Waals surface area contributed by atoms with Crippen LogP contribution in [0.1, 0.15) is 5.56 Å². The van der Waals surface area contributed by atoms with Gasteiger partial charge in [-0.25, -0.2) is 0 Å². The number of hydrogen-bond donors (Lipinski definition) is 1. The van der Waals surface area contributed by atoms with Gasteiger partial charge in [0.05, 0.1) is 5.33 Å². The molecule has 0 aromatic heterocycles. The van der Waals surface area contributed by atoms with E-state index >= 15 is 0 Å². The number of nitrogens with one attached hydrogen (secondary N) is 1. The third kappa shape index (κ3) is 3.45. The van der Waals surface area contributed by atoms with Crippen LogP contribution in [0.5, 0.6) is 0 Å². The first-order chi connectivity index (χ1) is 8.70. The van der Waals surface area contributed by atoms with Crippen molar-refractivity contribution in [2.45, 2.75) is 6.42 Å². The number of carbonyl (C=O) groups excluding carboxylic acids is 1. The van der Waals surface area contributed by atoms with Crippen molar-refractivity contribution < 1.29 is 4.79 Å². The van der Waals surface area contributed by atoms with Gasteiger partial charge in [0.25, 0.3) is 0 Å². The van der Waals surface area contributed by atoms with Gasteiger partial charge in [0.15, 0.2) is 0 Å². The van der Waals surface area contributed by atoms with Crippen LogP contribution in [0.3, 0.4) is 0 Å². The molecule has 0 fully saturated rings. The Morgan fingerprint density at radius 2 is 2.11 bits per heavy atom. The molecule has 0 saturated carbocycles. The molecule has 0 atom stereocenters. The number of benzene rings is 2. The van der Waals surface area contributed by atoms with Crippen LogP contribution >= 0.6 is 38.5 Å². The molecule has 94 valence electrons. The molecule has 0 aliphatic heterocycles. The Kier molecular flexibility index (Phi) is 5.00. The lowest BCUT2D eigenvalue weighted by molar-refractivity contribution is -0.118. The van der Waals surface area contributed by atoms with Crippen molar-refractivity contribution in [2.24, 2.45) is 0 Å². The number of amides is 1. The molecule has 2 aromatic rings. The van der Waals surface area contributed by atoms with Crippen molar-refractivity contribution in [3.8, 4) is 0 Å². The van der Waals surface area contributed by atoms with Crippen LogP contribution in [-0.2, 0) is 11.2 Å². The van der Waals surface area contributed by atoms with Crippen LogP contribution in [0.15, 0.2) is 36.4 Å². The zero-order valence-corrected chi connectivity index (χ0v) is 13.5. The Bertz CT molecular complexity index is 571. The molecule has 18 heavy (non-hydrogen) atoms. The topological polar surface area (TPSA) is 29.1 Å². The number of hydrogen-bond acceptors (Lipinski definition) is 1. The predicted octanol–water partition coefficient (Wildman–Crippen LogP) is 3.50. The summed E-state index contributed by atoms with van der Waals surface area (Å²) in [5, 5.41) is 5.76. The molecular weight excluding hydrogens is 405 g/mol. The van der Waals surface area contributed by atoms with Gasteiger partial charge in [-0.3, -0.25) is 4.79 Å². The van der Waals surface area contributed by atoms with E-state index in [2.05, 4.69) is 80.2 Å². The fourth-order valence-electron chi connectivity index (χ4n) is 1.91. The second-order valence-corrected chi connectivity index (χ2v) is 5.82. The van der Waals surface area contributed by atoms with Crippen LogP contribution in [-0.4, -0.2) is 17.8 Å². The predicted molar refractivity (Wildman–Crippen MR) is 87.2 cm³/mol. The van der Waals surface area contributed by atoms with E-state index in [1.54, 1.807) is 0 Å². The Labute approximate surface area is 128 Å². The molecule has 2 rings (SSSR count). The highest BCUT2D eigenvalue weighted by Gasteiger charge is 2.03. The van der Waals surface area contributed by atoms with Gasteiger partial charge in [0, 0.05) is 10.1 Å². The monoisotopic (exact) mass is 417 g/mol. The van der Waals surface area contributed by atoms with E-state index in [4.69, 9.17) is 0 Å². The Morgan fingerprint density at radius 3 is 2.89 bits per heavy atom. The quantitative estimate of drug-likeness (QED) is 0.598. The second kappa shape index (κ2) is 6.52. The summed E-state index contributed by atoms with van der Waals surface area (Å²) in [5.41, 5.74) is 1.28. The van der Waals surface area contributed by atoms with Crippen LogP contribution < -0.4 is 5.32 Å². The highest BCUT2D eigenvalue weighted by molar-refractivity contribution is 14.1. The molecule has 4 heteroatoms. The SMILES string of the molecule is O=C(CBr)NCCc1cccc2ccc(I)cc12. The highest BCUT2D eigenvalue weighted by atomic mass is 127. The number of carbonyl (C=O) groups is 1. The third-order valence-corrected chi connectivity index (χ3v) is 3.95. The molecule has 0 spiro atoms. The summed E-state index contributed by atoms with van der Waals surface area (Å²) in [7, 11) is 0. The molecular formula is C14H13BrINO. The molecule has 2 nitrogen and oxygen atoms in total. The van der Waals surface area contributed by atoms with E-state index in [1.807, 2.05) is 0 Å². The van der Waals surface area contributed by atoms with Crippen LogP contribution in [0, 0.1) is 3.57 Å². The minimum absolute atomic E-state index is 0.0322. The van der Waals surface area contributed by atoms with E-state index in [9.17, 15) is 4.79 Å². The molecule has 0 unspecified atom stereocenters. The average molecular weight is 418 g/mol. The van der Waals surface area contributed by atoms with Crippen LogP contribution in [0.4, 0.5) is 0 Å². The fourth-order valence-corrected chi connectivity index (χ4v) is 2.60. The summed E-state index contributed by atoms with van der Waals surface area (Å²) in [6.45, 7) is 0.676. The summed E-state index contributed by atoms with van der Waals surface area (Å²) in [4.78, 5) is 11.2. The first-order valence-electron chi connectivity index (χ1n) is 5.70. The van der Waals surface area contributed by atoms with Crippen molar-refractivity contribution in [1.82, 2.24) is 5.32 Å². The molecule has 1 amide bonds. The van der Waals surface area contributed by atoms with E-state index in [1.165, 1.54) is 19.9 Å². The minimum atomic E-state index is 0.0322. The normalized spacial score (nSPS) is 10.6. The molecule has 2 aromatic carbocycles. The molecule has 0 bridgehead atoms. The van der Waals surface area contributed by atoms with Gasteiger partial charge in [-0.15, -0.1) is 0 Å². The third-order valence-electron chi connectivity index (χ3n) is 2.77. The maximum absolute atomic E-state index is 11.2. The maximum atomic E-state index is 11.2. The van der Waals surface area contributed by atoms with Gasteiger partial charge in [0.2, 0.25) is 5.91 Å². The lowest BCUT2D eigenvalue weighted by Crippen LogP contribution is -2.26. The number of fused-ring (bicyclic) bond motifs is 1. The van der Waals surface area contributed by atoms with Crippen molar-refractivity contribution in [1.29, 1.82) is 0 Å². The summed E-state index contributed by atoms with van der Waals surface area (Å²) in [6.07, 6.45) is 0.857. The second-order valence-electron chi connectivity index (χ2n) is 4.02. The van der Waals surface area contributed by atoms with E-state index < -0.39 is 0 Å². The summed E-state index contributed by atoms with van der Waals surface area (Å²) < 4.78 is 1.23. The first kappa shape index (κ1) is 13.8. The zero-order valence-electron chi connectivity index (χ0n) is 9.75. The number of alkyl halides is 1. The van der Waals surface area contributed by atoms with Gasteiger partial charge >= 0.3 is 0 Å². The Hall–Kier alpha value is -0.620. The Balaban J connectivity index is 2.17. The highest BCUT2D eigenvalue weighted by Crippen LogP contribution is 2.21. The Morgan fingerprint density at radius 1 is 1.28 bits per heavy atom. The van der Waals surface area contributed by atoms with Crippen molar-refractivity contribution >= 4 is 55.2 Å². The lowest BCUT2D eigenvalue weighted by Gasteiger charge is -2.08. The van der Waals surface area contributed by atoms with Gasteiger partial charge < -0.3 is 5.32 Å². The standard InChI is InChI=1S/C14H13BrINO/c15-9-14(18)17-7-6-11-3-1-2-10-4-5-12(16)8-13(10)11/h1-5,8H,6-7,9H2,(H,17,18). The van der Waals surface area contributed by atoms with E-state index in [0.29, 0.717) is 11.9 Å². The summed E-state index contributed by atoms with van der Waals surface area (Å²) in [5.74, 6) is 0.0322. The lowest BCUT2D eigenvalue weighted by atomic mass is 10.0. The molecule has 0 saturated heterocycles. The average Bonchev–Trinajstić information content (AvgIpc) is 2.39.